The number of aryl methyl sites for hydroxylation is 1. The highest BCUT2D eigenvalue weighted by Crippen LogP contribution is 2.06. The van der Waals surface area contributed by atoms with Gasteiger partial charge in [0, 0.05) is 25.2 Å². The van der Waals surface area contributed by atoms with Gasteiger partial charge >= 0.3 is 0 Å². The molecule has 0 saturated heterocycles. The lowest BCUT2D eigenvalue weighted by Crippen LogP contribution is -2.33. The van der Waals surface area contributed by atoms with Gasteiger partial charge in [0.1, 0.15) is 0 Å². The molecule has 0 aliphatic carbocycles. The zero-order valence-corrected chi connectivity index (χ0v) is 11.2. The highest BCUT2D eigenvalue weighted by atomic mass is 35.5. The Kier molecular flexibility index (Phi) is 5.85. The van der Waals surface area contributed by atoms with Crippen molar-refractivity contribution < 1.29 is 0 Å². The van der Waals surface area contributed by atoms with Gasteiger partial charge < -0.3 is 5.32 Å². The molecule has 0 aromatic carbocycles. The van der Waals surface area contributed by atoms with Crippen molar-refractivity contribution in [1.82, 2.24) is 15.1 Å². The summed E-state index contributed by atoms with van der Waals surface area (Å²) in [6.07, 6.45) is 6.12. The minimum Gasteiger partial charge on any atom is -0.312 e. The molecule has 1 N–H and O–H groups in total. The summed E-state index contributed by atoms with van der Waals surface area (Å²) in [5.74, 6) is 1.38. The summed E-state index contributed by atoms with van der Waals surface area (Å²) in [7, 11) is 1.94. The first-order chi connectivity index (χ1) is 7.61. The Morgan fingerprint density at radius 2 is 2.25 bits per heavy atom. The van der Waals surface area contributed by atoms with Crippen molar-refractivity contribution in [1.29, 1.82) is 0 Å². The Morgan fingerprint density at radius 1 is 1.50 bits per heavy atom. The second-order valence-electron chi connectivity index (χ2n) is 4.71. The second-order valence-corrected chi connectivity index (χ2v) is 5.02. The number of rotatable bonds is 7. The van der Waals surface area contributed by atoms with Gasteiger partial charge in [-0.3, -0.25) is 4.68 Å². The van der Waals surface area contributed by atoms with Gasteiger partial charge in [0.15, 0.2) is 0 Å². The summed E-state index contributed by atoms with van der Waals surface area (Å²) in [5.41, 5.74) is 1.27. The molecule has 0 amide bonds. The quantitative estimate of drug-likeness (QED) is 0.745. The summed E-state index contributed by atoms with van der Waals surface area (Å²) >= 11 is 5.92. The summed E-state index contributed by atoms with van der Waals surface area (Å²) in [5, 5.41) is 7.64. The van der Waals surface area contributed by atoms with Crippen molar-refractivity contribution in [3.8, 4) is 0 Å². The topological polar surface area (TPSA) is 29.9 Å². The van der Waals surface area contributed by atoms with Crippen LogP contribution in [-0.2, 0) is 13.5 Å². The molecule has 4 heteroatoms. The standard InChI is InChI=1S/C12H22ClN3/c1-10(2)6-12(7-13)14-5-4-11-8-15-16(3)9-11/h8-10,12,14H,4-7H2,1-3H3. The first kappa shape index (κ1) is 13.5. The fourth-order valence-corrected chi connectivity index (χ4v) is 2.03. The van der Waals surface area contributed by atoms with Crippen LogP contribution < -0.4 is 5.32 Å². The van der Waals surface area contributed by atoms with Crippen LogP contribution in [0.2, 0.25) is 0 Å². The average Bonchev–Trinajstić information content (AvgIpc) is 2.62. The van der Waals surface area contributed by atoms with E-state index in [1.54, 1.807) is 0 Å². The van der Waals surface area contributed by atoms with E-state index in [4.69, 9.17) is 11.6 Å². The molecule has 1 heterocycles. The van der Waals surface area contributed by atoms with Crippen molar-refractivity contribution in [3.05, 3.63) is 18.0 Å². The van der Waals surface area contributed by atoms with Crippen molar-refractivity contribution in [3.63, 3.8) is 0 Å². The molecule has 1 aromatic rings. The lowest BCUT2D eigenvalue weighted by molar-refractivity contribution is 0.448. The largest absolute Gasteiger partial charge is 0.312 e. The van der Waals surface area contributed by atoms with Gasteiger partial charge in [0.05, 0.1) is 6.20 Å². The molecule has 1 atom stereocenters. The van der Waals surface area contributed by atoms with Crippen LogP contribution in [0, 0.1) is 5.92 Å². The molecular formula is C12H22ClN3. The van der Waals surface area contributed by atoms with Crippen LogP contribution in [0.5, 0.6) is 0 Å². The van der Waals surface area contributed by atoms with Gasteiger partial charge in [0.25, 0.3) is 0 Å². The molecule has 0 aliphatic rings. The maximum atomic E-state index is 5.92. The fraction of sp³-hybridized carbons (Fsp3) is 0.750. The fourth-order valence-electron chi connectivity index (χ4n) is 1.79. The van der Waals surface area contributed by atoms with Crippen molar-refractivity contribution in [2.45, 2.75) is 32.7 Å². The van der Waals surface area contributed by atoms with Gasteiger partial charge in [-0.05, 0) is 30.9 Å². The molecule has 1 aromatic heterocycles. The predicted octanol–water partition coefficient (Wildman–Crippen LogP) is 2.21. The van der Waals surface area contributed by atoms with E-state index in [-0.39, 0.29) is 0 Å². The zero-order chi connectivity index (χ0) is 12.0. The number of halogens is 1. The van der Waals surface area contributed by atoms with Gasteiger partial charge in [-0.25, -0.2) is 0 Å². The Labute approximate surface area is 103 Å². The van der Waals surface area contributed by atoms with Crippen molar-refractivity contribution >= 4 is 11.6 Å². The zero-order valence-electron chi connectivity index (χ0n) is 10.4. The normalized spacial score (nSPS) is 13.3. The molecule has 1 rings (SSSR count). The third-order valence-electron chi connectivity index (χ3n) is 2.55. The first-order valence-corrected chi connectivity index (χ1v) is 6.42. The number of alkyl halides is 1. The van der Waals surface area contributed by atoms with Crippen molar-refractivity contribution in [2.24, 2.45) is 13.0 Å². The summed E-state index contributed by atoms with van der Waals surface area (Å²) in [6, 6.07) is 0.429. The Hall–Kier alpha value is -0.540. The van der Waals surface area contributed by atoms with Crippen LogP contribution >= 0.6 is 11.6 Å². The Morgan fingerprint density at radius 3 is 2.75 bits per heavy atom. The number of hydrogen-bond donors (Lipinski definition) is 1. The molecular weight excluding hydrogens is 222 g/mol. The maximum Gasteiger partial charge on any atom is 0.0522 e. The number of aromatic nitrogens is 2. The highest BCUT2D eigenvalue weighted by Gasteiger charge is 2.08. The van der Waals surface area contributed by atoms with Crippen molar-refractivity contribution in [2.75, 3.05) is 12.4 Å². The monoisotopic (exact) mass is 243 g/mol. The van der Waals surface area contributed by atoms with Gasteiger partial charge in [-0.15, -0.1) is 11.6 Å². The van der Waals surface area contributed by atoms with Gasteiger partial charge in [0.2, 0.25) is 0 Å². The van der Waals surface area contributed by atoms with E-state index in [1.807, 2.05) is 17.9 Å². The van der Waals surface area contributed by atoms with E-state index in [2.05, 4.69) is 30.5 Å². The first-order valence-electron chi connectivity index (χ1n) is 5.88. The summed E-state index contributed by atoms with van der Waals surface area (Å²) in [4.78, 5) is 0. The SMILES string of the molecule is CC(C)CC(CCl)NCCc1cnn(C)c1. The van der Waals surface area contributed by atoms with Crippen LogP contribution in [0.25, 0.3) is 0 Å². The lowest BCUT2D eigenvalue weighted by Gasteiger charge is -2.17. The highest BCUT2D eigenvalue weighted by molar-refractivity contribution is 6.18. The Bertz CT molecular complexity index is 296. The summed E-state index contributed by atoms with van der Waals surface area (Å²) in [6.45, 7) is 5.42. The molecule has 0 aliphatic heterocycles. The third-order valence-corrected chi connectivity index (χ3v) is 2.92. The maximum absolute atomic E-state index is 5.92. The van der Waals surface area contributed by atoms with Crippen LogP contribution in [0.3, 0.4) is 0 Å². The van der Waals surface area contributed by atoms with Gasteiger partial charge in [-0.2, -0.15) is 5.10 Å². The minimum absolute atomic E-state index is 0.429. The molecule has 16 heavy (non-hydrogen) atoms. The molecule has 0 radical (unpaired) electrons. The van der Waals surface area contributed by atoms with Gasteiger partial charge in [-0.1, -0.05) is 13.8 Å². The molecule has 92 valence electrons. The third kappa shape index (κ3) is 4.99. The van der Waals surface area contributed by atoms with E-state index in [0.717, 1.165) is 19.4 Å². The van der Waals surface area contributed by atoms with Crippen LogP contribution in [0.15, 0.2) is 12.4 Å². The van der Waals surface area contributed by atoms with E-state index < -0.39 is 0 Å². The van der Waals surface area contributed by atoms with E-state index in [9.17, 15) is 0 Å². The molecule has 0 spiro atoms. The number of nitrogens with one attached hydrogen (secondary N) is 1. The van der Waals surface area contributed by atoms with Crippen LogP contribution in [-0.4, -0.2) is 28.2 Å². The molecule has 3 nitrogen and oxygen atoms in total. The van der Waals surface area contributed by atoms with E-state index in [1.165, 1.54) is 5.56 Å². The van der Waals surface area contributed by atoms with Crippen LogP contribution in [0.1, 0.15) is 25.8 Å². The molecule has 0 bridgehead atoms. The molecule has 0 saturated carbocycles. The smallest absolute Gasteiger partial charge is 0.0522 e. The predicted molar refractivity (Wildman–Crippen MR) is 68.9 cm³/mol. The van der Waals surface area contributed by atoms with E-state index in [0.29, 0.717) is 17.8 Å². The molecule has 0 fully saturated rings. The Balaban J connectivity index is 2.23. The molecule has 1 unspecified atom stereocenters. The lowest BCUT2D eigenvalue weighted by atomic mass is 10.1. The average molecular weight is 244 g/mol. The second kappa shape index (κ2) is 6.92. The number of hydrogen-bond acceptors (Lipinski definition) is 2. The minimum atomic E-state index is 0.429. The number of nitrogens with zero attached hydrogens (tertiary/aromatic N) is 2. The van der Waals surface area contributed by atoms with Crippen LogP contribution in [0.4, 0.5) is 0 Å². The summed E-state index contributed by atoms with van der Waals surface area (Å²) < 4.78 is 1.84. The van der Waals surface area contributed by atoms with E-state index >= 15 is 0 Å².